The van der Waals surface area contributed by atoms with Gasteiger partial charge in [-0.2, -0.15) is 0 Å². The number of nitrogens with one attached hydrogen (secondary N) is 2. The quantitative estimate of drug-likeness (QED) is 0.365. The molecule has 1 aromatic carbocycles. The zero-order chi connectivity index (χ0) is 22.8. The van der Waals surface area contributed by atoms with Crippen LogP contribution in [0.4, 0.5) is 0 Å². The van der Waals surface area contributed by atoms with Gasteiger partial charge in [-0.05, 0) is 50.8 Å². The minimum atomic E-state index is 0.0689. The highest BCUT2D eigenvalue weighted by atomic mass is 16.5. The first-order valence-corrected chi connectivity index (χ1v) is 12.1. The maximum atomic E-state index is 12.8. The summed E-state index contributed by atoms with van der Waals surface area (Å²) in [6, 6.07) is 7.81. The lowest BCUT2D eigenvalue weighted by atomic mass is 9.98. The Bertz CT molecular complexity index is 721. The molecule has 178 valence electrons. The van der Waals surface area contributed by atoms with Gasteiger partial charge in [-0.15, -0.1) is 0 Å². The molecule has 2 unspecified atom stereocenters. The van der Waals surface area contributed by atoms with Crippen molar-refractivity contribution in [2.75, 3.05) is 33.3 Å². The second kappa shape index (κ2) is 12.8. The van der Waals surface area contributed by atoms with E-state index in [9.17, 15) is 4.79 Å². The molecule has 1 aromatic rings. The van der Waals surface area contributed by atoms with Crippen molar-refractivity contribution in [3.63, 3.8) is 0 Å². The SMILES string of the molecule is CN=C(NCCCOC1CCCCC1)NCc1ccc(C(=O)N2CC(C)OC(C)C2)cc1. The summed E-state index contributed by atoms with van der Waals surface area (Å²) in [6.07, 6.45) is 7.97. The minimum Gasteiger partial charge on any atom is -0.378 e. The molecule has 0 spiro atoms. The van der Waals surface area contributed by atoms with Gasteiger partial charge in [0, 0.05) is 45.4 Å². The van der Waals surface area contributed by atoms with Gasteiger partial charge in [0.25, 0.3) is 5.91 Å². The lowest BCUT2D eigenvalue weighted by Gasteiger charge is -2.35. The predicted octanol–water partition coefficient (Wildman–Crippen LogP) is 3.34. The molecule has 1 amide bonds. The van der Waals surface area contributed by atoms with E-state index < -0.39 is 0 Å². The summed E-state index contributed by atoms with van der Waals surface area (Å²) in [6.45, 7) is 7.57. The van der Waals surface area contributed by atoms with Crippen LogP contribution in [0.15, 0.2) is 29.3 Å². The van der Waals surface area contributed by atoms with Crippen LogP contribution in [0.5, 0.6) is 0 Å². The molecule has 0 bridgehead atoms. The number of hydrogen-bond donors (Lipinski definition) is 2. The van der Waals surface area contributed by atoms with E-state index in [1.807, 2.05) is 43.0 Å². The number of carbonyl (C=O) groups is 1. The maximum absolute atomic E-state index is 12.8. The number of aliphatic imine (C=N–C) groups is 1. The maximum Gasteiger partial charge on any atom is 0.254 e. The fraction of sp³-hybridized carbons (Fsp3) is 0.680. The van der Waals surface area contributed by atoms with E-state index in [1.54, 1.807) is 7.05 Å². The third kappa shape index (κ3) is 7.78. The summed E-state index contributed by atoms with van der Waals surface area (Å²) in [7, 11) is 1.78. The molecule has 2 fully saturated rings. The summed E-state index contributed by atoms with van der Waals surface area (Å²) < 4.78 is 11.7. The Morgan fingerprint density at radius 2 is 1.78 bits per heavy atom. The van der Waals surface area contributed by atoms with Gasteiger partial charge in [0.2, 0.25) is 0 Å². The average molecular weight is 445 g/mol. The standard InChI is InChI=1S/C25H40N4O3/c1-19-17-29(18-20(2)32-19)24(30)22-12-10-21(11-13-22)16-28-25(26-3)27-14-7-15-31-23-8-5-4-6-9-23/h10-13,19-20,23H,4-9,14-18H2,1-3H3,(H2,26,27,28). The molecule has 0 radical (unpaired) electrons. The molecular formula is C25H40N4O3. The molecule has 7 nitrogen and oxygen atoms in total. The highest BCUT2D eigenvalue weighted by Crippen LogP contribution is 2.20. The van der Waals surface area contributed by atoms with Crippen molar-refractivity contribution < 1.29 is 14.3 Å². The first-order chi connectivity index (χ1) is 15.5. The summed E-state index contributed by atoms with van der Waals surface area (Å²) in [5.74, 6) is 0.846. The van der Waals surface area contributed by atoms with E-state index >= 15 is 0 Å². The number of rotatable bonds is 8. The van der Waals surface area contributed by atoms with Crippen LogP contribution in [-0.4, -0.2) is 68.4 Å². The fourth-order valence-corrected chi connectivity index (χ4v) is 4.46. The number of hydrogen-bond acceptors (Lipinski definition) is 4. The first kappa shape index (κ1) is 24.5. The number of nitrogens with zero attached hydrogens (tertiary/aromatic N) is 2. The molecule has 1 heterocycles. The number of carbonyl (C=O) groups excluding carboxylic acids is 1. The first-order valence-electron chi connectivity index (χ1n) is 12.1. The van der Waals surface area contributed by atoms with Crippen LogP contribution in [0.25, 0.3) is 0 Å². The second-order valence-electron chi connectivity index (χ2n) is 9.00. The molecule has 2 atom stereocenters. The number of benzene rings is 1. The Morgan fingerprint density at radius 1 is 1.09 bits per heavy atom. The number of guanidine groups is 1. The van der Waals surface area contributed by atoms with Crippen LogP contribution >= 0.6 is 0 Å². The Kier molecular flexibility index (Phi) is 9.81. The van der Waals surface area contributed by atoms with Gasteiger partial charge < -0.3 is 25.0 Å². The molecule has 1 aliphatic carbocycles. The molecule has 3 rings (SSSR count). The summed E-state index contributed by atoms with van der Waals surface area (Å²) in [4.78, 5) is 19.0. The lowest BCUT2D eigenvalue weighted by molar-refractivity contribution is -0.0586. The molecule has 32 heavy (non-hydrogen) atoms. The van der Waals surface area contributed by atoms with Gasteiger partial charge in [-0.3, -0.25) is 9.79 Å². The molecule has 1 saturated carbocycles. The smallest absolute Gasteiger partial charge is 0.254 e. The number of ether oxygens (including phenoxy) is 2. The largest absolute Gasteiger partial charge is 0.378 e. The fourth-order valence-electron chi connectivity index (χ4n) is 4.46. The lowest BCUT2D eigenvalue weighted by Crippen LogP contribution is -2.48. The van der Waals surface area contributed by atoms with Crippen LogP contribution in [0.2, 0.25) is 0 Å². The van der Waals surface area contributed by atoms with E-state index in [0.29, 0.717) is 25.7 Å². The van der Waals surface area contributed by atoms with Crippen LogP contribution < -0.4 is 10.6 Å². The topological polar surface area (TPSA) is 75.2 Å². The van der Waals surface area contributed by atoms with Crippen molar-refractivity contribution in [3.8, 4) is 0 Å². The van der Waals surface area contributed by atoms with Gasteiger partial charge in [0.05, 0.1) is 18.3 Å². The van der Waals surface area contributed by atoms with Gasteiger partial charge >= 0.3 is 0 Å². The molecule has 1 aliphatic heterocycles. The molecule has 0 aromatic heterocycles. The van der Waals surface area contributed by atoms with E-state index in [2.05, 4.69) is 15.6 Å². The highest BCUT2D eigenvalue weighted by Gasteiger charge is 2.26. The molecule has 2 aliphatic rings. The predicted molar refractivity (Wildman–Crippen MR) is 128 cm³/mol. The van der Waals surface area contributed by atoms with Crippen molar-refractivity contribution in [3.05, 3.63) is 35.4 Å². The molecule has 2 N–H and O–H groups in total. The minimum absolute atomic E-state index is 0.0689. The van der Waals surface area contributed by atoms with Gasteiger partial charge in [-0.25, -0.2) is 0 Å². The summed E-state index contributed by atoms with van der Waals surface area (Å²) in [5.41, 5.74) is 1.82. The molecular weight excluding hydrogens is 404 g/mol. The van der Waals surface area contributed by atoms with Crippen molar-refractivity contribution in [1.82, 2.24) is 15.5 Å². The van der Waals surface area contributed by atoms with Crippen LogP contribution in [0.3, 0.4) is 0 Å². The van der Waals surface area contributed by atoms with Crippen LogP contribution in [0, 0.1) is 0 Å². The zero-order valence-electron chi connectivity index (χ0n) is 19.9. The van der Waals surface area contributed by atoms with E-state index in [4.69, 9.17) is 9.47 Å². The second-order valence-corrected chi connectivity index (χ2v) is 9.00. The van der Waals surface area contributed by atoms with E-state index in [1.165, 1.54) is 32.1 Å². The van der Waals surface area contributed by atoms with E-state index in [0.717, 1.165) is 36.7 Å². The number of morpholine rings is 1. The van der Waals surface area contributed by atoms with Crippen molar-refractivity contribution in [2.45, 2.75) is 77.2 Å². The number of amides is 1. The summed E-state index contributed by atoms with van der Waals surface area (Å²) >= 11 is 0. The Hall–Kier alpha value is -2.12. The third-order valence-corrected chi connectivity index (χ3v) is 6.11. The molecule has 1 saturated heterocycles. The normalized spacial score (nSPS) is 22.6. The molecule has 7 heteroatoms. The van der Waals surface area contributed by atoms with Crippen molar-refractivity contribution >= 4 is 11.9 Å². The van der Waals surface area contributed by atoms with Gasteiger partial charge in [0.15, 0.2) is 5.96 Å². The van der Waals surface area contributed by atoms with Crippen LogP contribution in [-0.2, 0) is 16.0 Å². The van der Waals surface area contributed by atoms with Gasteiger partial charge in [-0.1, -0.05) is 31.4 Å². The average Bonchev–Trinajstić information content (AvgIpc) is 2.81. The highest BCUT2D eigenvalue weighted by molar-refractivity contribution is 5.94. The van der Waals surface area contributed by atoms with Gasteiger partial charge in [0.1, 0.15) is 0 Å². The monoisotopic (exact) mass is 444 g/mol. The Balaban J connectivity index is 1.36. The van der Waals surface area contributed by atoms with Crippen molar-refractivity contribution in [2.24, 2.45) is 4.99 Å². The van der Waals surface area contributed by atoms with E-state index in [-0.39, 0.29) is 18.1 Å². The Labute approximate surface area is 192 Å². The summed E-state index contributed by atoms with van der Waals surface area (Å²) in [5, 5.41) is 6.68. The Morgan fingerprint density at radius 3 is 2.44 bits per heavy atom. The van der Waals surface area contributed by atoms with Crippen LogP contribution in [0.1, 0.15) is 68.3 Å². The van der Waals surface area contributed by atoms with Crippen molar-refractivity contribution in [1.29, 1.82) is 0 Å². The zero-order valence-corrected chi connectivity index (χ0v) is 19.9. The third-order valence-electron chi connectivity index (χ3n) is 6.11.